The molecule has 0 atom stereocenters. The lowest BCUT2D eigenvalue weighted by molar-refractivity contribution is -0.131. The number of halogens is 1. The fourth-order valence-electron chi connectivity index (χ4n) is 2.90. The largest absolute Gasteiger partial charge is 0.427 e. The Labute approximate surface area is 185 Å². The second-order valence-corrected chi connectivity index (χ2v) is 7.29. The first-order chi connectivity index (χ1) is 14.9. The molecule has 0 bridgehead atoms. The lowest BCUT2D eigenvalue weighted by Gasteiger charge is -2.10. The SMILES string of the molecule is CC(=O)Oc1cccc(C(=O)NCc2cccc(NC(=O)Cc3ccc(Cl)cc3)c2)c1. The Morgan fingerprint density at radius 2 is 1.65 bits per heavy atom. The van der Waals surface area contributed by atoms with Crippen LogP contribution >= 0.6 is 11.6 Å². The molecule has 2 amide bonds. The van der Waals surface area contributed by atoms with Crippen LogP contribution in [-0.2, 0) is 22.6 Å². The summed E-state index contributed by atoms with van der Waals surface area (Å²) in [6, 6.07) is 20.7. The Morgan fingerprint density at radius 1 is 0.903 bits per heavy atom. The summed E-state index contributed by atoms with van der Waals surface area (Å²) < 4.78 is 5.00. The molecule has 3 aromatic rings. The van der Waals surface area contributed by atoms with Gasteiger partial charge in [0.05, 0.1) is 6.42 Å². The number of anilines is 1. The van der Waals surface area contributed by atoms with E-state index >= 15 is 0 Å². The van der Waals surface area contributed by atoms with E-state index in [1.165, 1.54) is 13.0 Å². The van der Waals surface area contributed by atoms with Crippen molar-refractivity contribution in [1.29, 1.82) is 0 Å². The zero-order valence-corrected chi connectivity index (χ0v) is 17.6. The molecular formula is C24H21ClN2O4. The molecule has 0 unspecified atom stereocenters. The number of hydrogen-bond acceptors (Lipinski definition) is 4. The number of hydrogen-bond donors (Lipinski definition) is 2. The zero-order valence-electron chi connectivity index (χ0n) is 16.9. The molecule has 0 saturated heterocycles. The van der Waals surface area contributed by atoms with E-state index in [0.717, 1.165) is 11.1 Å². The third kappa shape index (κ3) is 6.97. The van der Waals surface area contributed by atoms with Gasteiger partial charge < -0.3 is 15.4 Å². The van der Waals surface area contributed by atoms with Crippen LogP contribution in [0.25, 0.3) is 0 Å². The highest BCUT2D eigenvalue weighted by atomic mass is 35.5. The molecule has 0 fully saturated rings. The summed E-state index contributed by atoms with van der Waals surface area (Å²) >= 11 is 5.86. The number of ether oxygens (including phenoxy) is 1. The third-order valence-electron chi connectivity index (χ3n) is 4.30. The van der Waals surface area contributed by atoms with Gasteiger partial charge in [-0.2, -0.15) is 0 Å². The molecule has 0 aliphatic carbocycles. The maximum absolute atomic E-state index is 12.4. The van der Waals surface area contributed by atoms with Crippen molar-refractivity contribution in [3.63, 3.8) is 0 Å². The molecule has 0 spiro atoms. The summed E-state index contributed by atoms with van der Waals surface area (Å²) in [6.45, 7) is 1.57. The van der Waals surface area contributed by atoms with Crippen LogP contribution in [0, 0.1) is 0 Å². The van der Waals surface area contributed by atoms with Gasteiger partial charge in [0, 0.05) is 29.7 Å². The first-order valence-electron chi connectivity index (χ1n) is 9.59. The van der Waals surface area contributed by atoms with E-state index < -0.39 is 5.97 Å². The number of carbonyl (C=O) groups excluding carboxylic acids is 3. The molecule has 0 heterocycles. The number of esters is 1. The maximum Gasteiger partial charge on any atom is 0.308 e. The van der Waals surface area contributed by atoms with Crippen LogP contribution in [0.2, 0.25) is 5.02 Å². The number of benzene rings is 3. The summed E-state index contributed by atoms with van der Waals surface area (Å²) in [5.74, 6) is -0.588. The average Bonchev–Trinajstić information content (AvgIpc) is 2.73. The van der Waals surface area contributed by atoms with Gasteiger partial charge in [-0.15, -0.1) is 0 Å². The van der Waals surface area contributed by atoms with Gasteiger partial charge in [-0.1, -0.05) is 41.9 Å². The second kappa shape index (κ2) is 10.4. The van der Waals surface area contributed by atoms with Crippen molar-refractivity contribution in [3.8, 4) is 5.75 Å². The number of nitrogens with one attached hydrogen (secondary N) is 2. The summed E-state index contributed by atoms with van der Waals surface area (Å²) in [4.78, 5) is 35.8. The summed E-state index contributed by atoms with van der Waals surface area (Å²) in [5, 5.41) is 6.30. The minimum absolute atomic E-state index is 0.147. The third-order valence-corrected chi connectivity index (χ3v) is 4.55. The van der Waals surface area contributed by atoms with E-state index in [9.17, 15) is 14.4 Å². The van der Waals surface area contributed by atoms with Gasteiger partial charge >= 0.3 is 5.97 Å². The summed E-state index contributed by atoms with van der Waals surface area (Å²) in [7, 11) is 0. The van der Waals surface area contributed by atoms with E-state index in [1.807, 2.05) is 18.2 Å². The quantitative estimate of drug-likeness (QED) is 0.425. The molecule has 0 radical (unpaired) electrons. The molecule has 7 heteroatoms. The Bertz CT molecular complexity index is 1100. The fourth-order valence-corrected chi connectivity index (χ4v) is 3.03. The molecule has 31 heavy (non-hydrogen) atoms. The minimum atomic E-state index is -0.451. The monoisotopic (exact) mass is 436 g/mol. The van der Waals surface area contributed by atoms with E-state index in [1.54, 1.807) is 48.5 Å². The van der Waals surface area contributed by atoms with Gasteiger partial charge in [0.15, 0.2) is 0 Å². The highest BCUT2D eigenvalue weighted by molar-refractivity contribution is 6.30. The molecule has 0 aliphatic rings. The molecule has 0 aromatic heterocycles. The lowest BCUT2D eigenvalue weighted by atomic mass is 10.1. The molecule has 0 saturated carbocycles. The topological polar surface area (TPSA) is 84.5 Å². The maximum atomic E-state index is 12.4. The fraction of sp³-hybridized carbons (Fsp3) is 0.125. The Hall–Kier alpha value is -3.64. The first kappa shape index (κ1) is 22.1. The molecular weight excluding hydrogens is 416 g/mol. The van der Waals surface area contributed by atoms with Gasteiger partial charge in [0.1, 0.15) is 5.75 Å². The van der Waals surface area contributed by atoms with Crippen LogP contribution in [0.5, 0.6) is 5.75 Å². The normalized spacial score (nSPS) is 10.3. The van der Waals surface area contributed by atoms with E-state index in [2.05, 4.69) is 10.6 Å². The number of rotatable bonds is 7. The Balaban J connectivity index is 1.56. The molecule has 158 valence electrons. The molecule has 6 nitrogen and oxygen atoms in total. The smallest absolute Gasteiger partial charge is 0.308 e. The van der Waals surface area contributed by atoms with Crippen molar-refractivity contribution in [1.82, 2.24) is 5.32 Å². The van der Waals surface area contributed by atoms with Crippen molar-refractivity contribution in [2.75, 3.05) is 5.32 Å². The highest BCUT2D eigenvalue weighted by Crippen LogP contribution is 2.15. The standard InChI is InChI=1S/C24H21ClN2O4/c1-16(28)31-22-7-3-5-19(14-22)24(30)26-15-18-4-2-6-21(12-18)27-23(29)13-17-8-10-20(25)11-9-17/h2-12,14H,13,15H2,1H3,(H,26,30)(H,27,29). The first-order valence-corrected chi connectivity index (χ1v) is 9.97. The van der Waals surface area contributed by atoms with Crippen LogP contribution in [0.4, 0.5) is 5.69 Å². The van der Waals surface area contributed by atoms with Crippen molar-refractivity contribution in [2.24, 2.45) is 0 Å². The van der Waals surface area contributed by atoms with Gasteiger partial charge in [-0.3, -0.25) is 14.4 Å². The molecule has 3 aromatic carbocycles. The Kier molecular flexibility index (Phi) is 7.40. The van der Waals surface area contributed by atoms with Crippen molar-refractivity contribution in [3.05, 3.63) is 94.5 Å². The molecule has 3 rings (SSSR count). The lowest BCUT2D eigenvalue weighted by Crippen LogP contribution is -2.23. The summed E-state index contributed by atoms with van der Waals surface area (Å²) in [5.41, 5.74) is 2.71. The van der Waals surface area contributed by atoms with Crippen LogP contribution in [-0.4, -0.2) is 17.8 Å². The minimum Gasteiger partial charge on any atom is -0.427 e. The van der Waals surface area contributed by atoms with Gasteiger partial charge in [0.2, 0.25) is 5.91 Å². The predicted octanol–water partition coefficient (Wildman–Crippen LogP) is 4.38. The zero-order chi connectivity index (χ0) is 22.2. The molecule has 2 N–H and O–H groups in total. The Morgan fingerprint density at radius 3 is 2.39 bits per heavy atom. The van der Waals surface area contributed by atoms with Crippen LogP contribution in [0.15, 0.2) is 72.8 Å². The predicted molar refractivity (Wildman–Crippen MR) is 119 cm³/mol. The van der Waals surface area contributed by atoms with Crippen molar-refractivity contribution < 1.29 is 19.1 Å². The molecule has 0 aliphatic heterocycles. The van der Waals surface area contributed by atoms with E-state index in [-0.39, 0.29) is 24.8 Å². The number of carbonyl (C=O) groups is 3. The van der Waals surface area contributed by atoms with E-state index in [4.69, 9.17) is 16.3 Å². The van der Waals surface area contributed by atoms with Gasteiger partial charge in [-0.05, 0) is 53.6 Å². The van der Waals surface area contributed by atoms with Crippen LogP contribution in [0.3, 0.4) is 0 Å². The van der Waals surface area contributed by atoms with Gasteiger partial charge in [-0.25, -0.2) is 0 Å². The van der Waals surface area contributed by atoms with Crippen LogP contribution in [0.1, 0.15) is 28.4 Å². The van der Waals surface area contributed by atoms with Crippen LogP contribution < -0.4 is 15.4 Å². The average molecular weight is 437 g/mol. The van der Waals surface area contributed by atoms with E-state index in [0.29, 0.717) is 22.0 Å². The number of amides is 2. The second-order valence-electron chi connectivity index (χ2n) is 6.86. The van der Waals surface area contributed by atoms with Crippen molar-refractivity contribution >= 4 is 35.1 Å². The van der Waals surface area contributed by atoms with Crippen molar-refractivity contribution in [2.45, 2.75) is 19.9 Å². The highest BCUT2D eigenvalue weighted by Gasteiger charge is 2.09. The summed E-state index contributed by atoms with van der Waals surface area (Å²) in [6.07, 6.45) is 0.233. The van der Waals surface area contributed by atoms with Gasteiger partial charge in [0.25, 0.3) is 5.91 Å².